The van der Waals surface area contributed by atoms with E-state index in [0.29, 0.717) is 24.9 Å². The fourth-order valence-corrected chi connectivity index (χ4v) is 2.90. The molecule has 3 amide bonds. The predicted molar refractivity (Wildman–Crippen MR) is 75.7 cm³/mol. The first-order valence-electron chi connectivity index (χ1n) is 7.40. The zero-order valence-corrected chi connectivity index (χ0v) is 12.1. The first-order valence-corrected chi connectivity index (χ1v) is 7.40. The van der Waals surface area contributed by atoms with Crippen LogP contribution in [0, 0.1) is 0 Å². The molecule has 1 N–H and O–H groups in total. The third-order valence-corrected chi connectivity index (χ3v) is 4.11. The summed E-state index contributed by atoms with van der Waals surface area (Å²) in [6.45, 7) is 2.95. The maximum absolute atomic E-state index is 12.3. The Bertz CT molecular complexity index is 512. The van der Waals surface area contributed by atoms with Gasteiger partial charge < -0.3 is 14.3 Å². The van der Waals surface area contributed by atoms with Gasteiger partial charge in [0.25, 0.3) is 0 Å². The van der Waals surface area contributed by atoms with E-state index in [1.807, 2.05) is 4.90 Å². The molecule has 2 fully saturated rings. The van der Waals surface area contributed by atoms with Crippen molar-refractivity contribution in [1.29, 1.82) is 0 Å². The fourth-order valence-electron chi connectivity index (χ4n) is 2.90. The maximum atomic E-state index is 12.3. The zero-order chi connectivity index (χ0) is 14.8. The topological polar surface area (TPSA) is 78.7 Å². The van der Waals surface area contributed by atoms with E-state index in [1.54, 1.807) is 17.9 Å². The molecule has 0 aromatic carbocycles. The van der Waals surface area contributed by atoms with Gasteiger partial charge in [-0.15, -0.1) is 0 Å². The van der Waals surface area contributed by atoms with E-state index in [2.05, 4.69) is 10.5 Å². The third-order valence-electron chi connectivity index (χ3n) is 4.11. The van der Waals surface area contributed by atoms with Crippen molar-refractivity contribution in [2.24, 2.45) is 0 Å². The lowest BCUT2D eigenvalue weighted by Crippen LogP contribution is -2.46. The summed E-state index contributed by atoms with van der Waals surface area (Å²) in [6, 6.07) is 1.89. The number of carbonyl (C=O) groups is 2. The molecule has 0 bridgehead atoms. The van der Waals surface area contributed by atoms with Crippen LogP contribution in [-0.2, 0) is 4.79 Å². The molecule has 1 aliphatic carbocycles. The van der Waals surface area contributed by atoms with E-state index in [4.69, 9.17) is 4.52 Å². The Morgan fingerprint density at radius 1 is 1.48 bits per heavy atom. The first-order chi connectivity index (χ1) is 10.1. The van der Waals surface area contributed by atoms with Gasteiger partial charge >= 0.3 is 6.03 Å². The highest BCUT2D eigenvalue weighted by atomic mass is 16.5. The monoisotopic (exact) mass is 292 g/mol. The molecule has 7 nitrogen and oxygen atoms in total. The van der Waals surface area contributed by atoms with Crippen LogP contribution >= 0.6 is 0 Å². The maximum Gasteiger partial charge on any atom is 0.323 e. The lowest BCUT2D eigenvalue weighted by atomic mass is 10.2. The van der Waals surface area contributed by atoms with E-state index < -0.39 is 0 Å². The lowest BCUT2D eigenvalue weighted by molar-refractivity contribution is -0.130. The summed E-state index contributed by atoms with van der Waals surface area (Å²) in [6.07, 6.45) is 5.48. The average Bonchev–Trinajstić information content (AvgIpc) is 2.97. The number of aromatic nitrogens is 1. The van der Waals surface area contributed by atoms with Gasteiger partial charge in [0, 0.05) is 32.1 Å². The van der Waals surface area contributed by atoms with Crippen LogP contribution in [0.4, 0.5) is 10.6 Å². The highest BCUT2D eigenvalue weighted by molar-refractivity contribution is 5.88. The van der Waals surface area contributed by atoms with Crippen LogP contribution in [0.2, 0.25) is 0 Å². The molecule has 2 heterocycles. The Morgan fingerprint density at radius 3 is 2.90 bits per heavy atom. The average molecular weight is 292 g/mol. The smallest absolute Gasteiger partial charge is 0.323 e. The second kappa shape index (κ2) is 5.75. The van der Waals surface area contributed by atoms with Crippen LogP contribution in [0.15, 0.2) is 16.9 Å². The second-order valence-corrected chi connectivity index (χ2v) is 5.71. The Morgan fingerprint density at radius 2 is 2.29 bits per heavy atom. The summed E-state index contributed by atoms with van der Waals surface area (Å²) in [5.41, 5.74) is 0. The minimum atomic E-state index is -0.175. The van der Waals surface area contributed by atoms with Gasteiger partial charge in [0.15, 0.2) is 5.82 Å². The van der Waals surface area contributed by atoms with Crippen molar-refractivity contribution < 1.29 is 14.1 Å². The molecule has 1 aromatic rings. The van der Waals surface area contributed by atoms with Crippen molar-refractivity contribution in [3.63, 3.8) is 0 Å². The standard InChI is InChI=1S/C14H20N4O3/c1-10(19)18(11-4-5-11)9-12-3-2-7-17(12)14(20)15-13-6-8-21-16-13/h6,8,11-12H,2-5,7,9H2,1H3,(H,15,16,20)/t12-/m0/s1. The summed E-state index contributed by atoms with van der Waals surface area (Å²) in [5.74, 6) is 0.512. The van der Waals surface area contributed by atoms with Crippen molar-refractivity contribution in [2.45, 2.75) is 44.7 Å². The van der Waals surface area contributed by atoms with Crippen molar-refractivity contribution in [2.75, 3.05) is 18.4 Å². The molecule has 0 spiro atoms. The summed E-state index contributed by atoms with van der Waals surface area (Å²) in [7, 11) is 0. The molecule has 7 heteroatoms. The Kier molecular flexibility index (Phi) is 3.81. The highest BCUT2D eigenvalue weighted by Crippen LogP contribution is 2.29. The Balaban J connectivity index is 1.61. The molecule has 1 atom stereocenters. The largest absolute Gasteiger partial charge is 0.363 e. The van der Waals surface area contributed by atoms with Gasteiger partial charge in [-0.2, -0.15) is 0 Å². The number of hydrogen-bond acceptors (Lipinski definition) is 4. The van der Waals surface area contributed by atoms with E-state index in [-0.39, 0.29) is 18.0 Å². The number of hydrogen-bond donors (Lipinski definition) is 1. The van der Waals surface area contributed by atoms with Crippen LogP contribution in [-0.4, -0.2) is 52.1 Å². The molecule has 2 aliphatic rings. The molecule has 1 aliphatic heterocycles. The van der Waals surface area contributed by atoms with E-state index in [1.165, 1.54) is 6.26 Å². The molecule has 1 saturated carbocycles. The van der Waals surface area contributed by atoms with E-state index in [9.17, 15) is 9.59 Å². The molecular formula is C14H20N4O3. The van der Waals surface area contributed by atoms with Crippen molar-refractivity contribution >= 4 is 17.8 Å². The number of likely N-dealkylation sites (tertiary alicyclic amines) is 1. The molecule has 0 radical (unpaired) electrons. The predicted octanol–water partition coefficient (Wildman–Crippen LogP) is 1.68. The van der Waals surface area contributed by atoms with Gasteiger partial charge in [-0.3, -0.25) is 10.1 Å². The third kappa shape index (κ3) is 3.17. The van der Waals surface area contributed by atoms with E-state index in [0.717, 1.165) is 25.7 Å². The lowest BCUT2D eigenvalue weighted by Gasteiger charge is -2.30. The summed E-state index contributed by atoms with van der Waals surface area (Å²) in [4.78, 5) is 27.7. The zero-order valence-electron chi connectivity index (χ0n) is 12.1. The van der Waals surface area contributed by atoms with Crippen LogP contribution < -0.4 is 5.32 Å². The minimum absolute atomic E-state index is 0.0846. The first kappa shape index (κ1) is 13.9. The number of nitrogens with zero attached hydrogens (tertiary/aromatic N) is 3. The van der Waals surface area contributed by atoms with Crippen LogP contribution in [0.25, 0.3) is 0 Å². The van der Waals surface area contributed by atoms with Gasteiger partial charge in [-0.25, -0.2) is 4.79 Å². The SMILES string of the molecule is CC(=O)N(C[C@@H]1CCCN1C(=O)Nc1ccon1)C1CC1. The van der Waals surface area contributed by atoms with Gasteiger partial charge in [0.2, 0.25) is 5.91 Å². The fraction of sp³-hybridized carbons (Fsp3) is 0.643. The van der Waals surface area contributed by atoms with E-state index >= 15 is 0 Å². The summed E-state index contributed by atoms with van der Waals surface area (Å²) in [5, 5.41) is 6.40. The van der Waals surface area contributed by atoms with Crippen molar-refractivity contribution in [1.82, 2.24) is 15.0 Å². The minimum Gasteiger partial charge on any atom is -0.363 e. The molecule has 1 aromatic heterocycles. The molecule has 3 rings (SSSR count). The van der Waals surface area contributed by atoms with Gasteiger partial charge in [-0.05, 0) is 25.7 Å². The Hall–Kier alpha value is -2.05. The quantitative estimate of drug-likeness (QED) is 0.915. The molecule has 21 heavy (non-hydrogen) atoms. The molecular weight excluding hydrogens is 272 g/mol. The van der Waals surface area contributed by atoms with Gasteiger partial charge in [0.1, 0.15) is 6.26 Å². The summed E-state index contributed by atoms with van der Waals surface area (Å²) < 4.78 is 4.70. The van der Waals surface area contributed by atoms with Crippen LogP contribution in [0.1, 0.15) is 32.6 Å². The number of carbonyl (C=O) groups excluding carboxylic acids is 2. The Labute approximate surface area is 123 Å². The molecule has 0 unspecified atom stereocenters. The number of nitrogens with one attached hydrogen (secondary N) is 1. The molecule has 1 saturated heterocycles. The number of amides is 3. The summed E-state index contributed by atoms with van der Waals surface area (Å²) >= 11 is 0. The normalized spacial score (nSPS) is 21.4. The molecule has 114 valence electrons. The van der Waals surface area contributed by atoms with Gasteiger partial charge in [0.05, 0.1) is 6.04 Å². The van der Waals surface area contributed by atoms with Crippen molar-refractivity contribution in [3.8, 4) is 0 Å². The number of rotatable bonds is 4. The van der Waals surface area contributed by atoms with Crippen LogP contribution in [0.3, 0.4) is 0 Å². The van der Waals surface area contributed by atoms with Crippen LogP contribution in [0.5, 0.6) is 0 Å². The van der Waals surface area contributed by atoms with Gasteiger partial charge in [-0.1, -0.05) is 5.16 Å². The highest BCUT2D eigenvalue weighted by Gasteiger charge is 2.36. The number of anilines is 1. The second-order valence-electron chi connectivity index (χ2n) is 5.71. The number of urea groups is 1. The van der Waals surface area contributed by atoms with Crippen molar-refractivity contribution in [3.05, 3.63) is 12.3 Å².